The van der Waals surface area contributed by atoms with Crippen molar-refractivity contribution in [3.05, 3.63) is 36.1 Å². The Bertz CT molecular complexity index is 496. The minimum atomic E-state index is -4.02. The van der Waals surface area contributed by atoms with Crippen LogP contribution in [0.5, 0.6) is 0 Å². The normalized spacial score (nSPS) is 12.1. The maximum atomic E-state index is 10.8. The van der Waals surface area contributed by atoms with Crippen LogP contribution >= 0.6 is 7.60 Å². The van der Waals surface area contributed by atoms with E-state index in [0.29, 0.717) is 11.1 Å². The van der Waals surface area contributed by atoms with Gasteiger partial charge in [-0.05, 0) is 6.07 Å². The molecule has 0 spiro atoms. The van der Waals surface area contributed by atoms with Crippen LogP contribution < -0.4 is 0 Å². The number of hydrogen-bond acceptors (Lipinski definition) is 2. The lowest BCUT2D eigenvalue weighted by Gasteiger charge is -2.00. The summed E-state index contributed by atoms with van der Waals surface area (Å²) in [6, 6.07) is 7.16. The van der Waals surface area contributed by atoms with Gasteiger partial charge in [-0.25, -0.2) is 0 Å². The summed E-state index contributed by atoms with van der Waals surface area (Å²) in [5, 5.41) is 0.760. The molecule has 0 unspecified atom stereocenters. The molecule has 0 bridgehead atoms. The Balaban J connectivity index is 2.49. The van der Waals surface area contributed by atoms with Crippen LogP contribution in [0.2, 0.25) is 0 Å². The molecule has 0 saturated heterocycles. The third-order valence-corrected chi connectivity index (χ3v) is 2.69. The van der Waals surface area contributed by atoms with Gasteiger partial charge in [-0.3, -0.25) is 4.57 Å². The van der Waals surface area contributed by atoms with E-state index < -0.39 is 7.60 Å². The second-order valence-electron chi connectivity index (χ2n) is 3.08. The predicted octanol–water partition coefficient (Wildman–Crippen LogP) is 2.11. The van der Waals surface area contributed by atoms with Crippen LogP contribution in [0, 0.1) is 0 Å². The van der Waals surface area contributed by atoms with Crippen LogP contribution in [0.3, 0.4) is 0 Å². The van der Waals surface area contributed by atoms with Gasteiger partial charge in [0, 0.05) is 10.9 Å². The van der Waals surface area contributed by atoms with Crippen molar-refractivity contribution in [2.45, 2.75) is 6.16 Å². The molecule has 2 aromatic rings. The van der Waals surface area contributed by atoms with E-state index in [1.807, 2.05) is 6.07 Å². The molecule has 74 valence electrons. The van der Waals surface area contributed by atoms with Gasteiger partial charge in [0.15, 0.2) is 0 Å². The van der Waals surface area contributed by atoms with E-state index in [-0.39, 0.29) is 6.16 Å². The van der Waals surface area contributed by atoms with Gasteiger partial charge in [-0.15, -0.1) is 0 Å². The first kappa shape index (κ1) is 9.46. The lowest BCUT2D eigenvalue weighted by atomic mass is 10.2. The molecule has 0 atom stereocenters. The van der Waals surface area contributed by atoms with Crippen molar-refractivity contribution < 1.29 is 18.8 Å². The average molecular weight is 212 g/mol. The first-order valence-electron chi connectivity index (χ1n) is 4.06. The highest BCUT2D eigenvalue weighted by Crippen LogP contribution is 2.41. The lowest BCUT2D eigenvalue weighted by molar-refractivity contribution is 0.371. The smallest absolute Gasteiger partial charge is 0.330 e. The highest BCUT2D eigenvalue weighted by Gasteiger charge is 2.17. The summed E-state index contributed by atoms with van der Waals surface area (Å²) in [5.74, 6) is 0. The fraction of sp³-hybridized carbons (Fsp3) is 0.111. The fourth-order valence-electron chi connectivity index (χ4n) is 1.38. The van der Waals surface area contributed by atoms with Gasteiger partial charge in [-0.2, -0.15) is 0 Å². The quantitative estimate of drug-likeness (QED) is 0.748. The molecule has 0 radical (unpaired) electrons. The Morgan fingerprint density at radius 3 is 2.71 bits per heavy atom. The summed E-state index contributed by atoms with van der Waals surface area (Å²) >= 11 is 0. The predicted molar refractivity (Wildman–Crippen MR) is 52.0 cm³/mol. The van der Waals surface area contributed by atoms with E-state index >= 15 is 0 Å². The first-order valence-corrected chi connectivity index (χ1v) is 5.86. The average Bonchev–Trinajstić information content (AvgIpc) is 2.47. The van der Waals surface area contributed by atoms with E-state index in [1.54, 1.807) is 18.2 Å². The molecule has 1 heterocycles. The standard InChI is InChI=1S/C9H9O4P/c10-14(11,12)6-7-5-13-9-4-2-1-3-8(7)9/h1-5H,6H2,(H2,10,11,12). The zero-order chi connectivity index (χ0) is 10.2. The number of furan rings is 1. The van der Waals surface area contributed by atoms with Crippen molar-refractivity contribution in [1.29, 1.82) is 0 Å². The second kappa shape index (κ2) is 3.24. The molecule has 1 aromatic carbocycles. The second-order valence-corrected chi connectivity index (χ2v) is 4.73. The van der Waals surface area contributed by atoms with Crippen molar-refractivity contribution in [1.82, 2.24) is 0 Å². The Morgan fingerprint density at radius 2 is 2.00 bits per heavy atom. The third kappa shape index (κ3) is 1.87. The zero-order valence-electron chi connectivity index (χ0n) is 7.25. The van der Waals surface area contributed by atoms with E-state index in [1.165, 1.54) is 6.26 Å². The van der Waals surface area contributed by atoms with Crippen molar-refractivity contribution in [3.8, 4) is 0 Å². The molecular formula is C9H9O4P. The SMILES string of the molecule is O=P(O)(O)Cc1coc2ccccc12. The zero-order valence-corrected chi connectivity index (χ0v) is 8.15. The summed E-state index contributed by atoms with van der Waals surface area (Å²) in [5.41, 5.74) is 1.20. The summed E-state index contributed by atoms with van der Waals surface area (Å²) in [4.78, 5) is 17.6. The van der Waals surface area contributed by atoms with Gasteiger partial charge in [0.25, 0.3) is 0 Å². The van der Waals surface area contributed by atoms with Crippen molar-refractivity contribution in [3.63, 3.8) is 0 Å². The molecule has 4 nitrogen and oxygen atoms in total. The topological polar surface area (TPSA) is 70.7 Å². The van der Waals surface area contributed by atoms with E-state index in [4.69, 9.17) is 14.2 Å². The van der Waals surface area contributed by atoms with Crippen LogP contribution in [0.15, 0.2) is 34.9 Å². The minimum absolute atomic E-state index is 0.274. The largest absolute Gasteiger partial charge is 0.464 e. The van der Waals surface area contributed by atoms with Gasteiger partial charge in [0.2, 0.25) is 0 Å². The molecule has 5 heteroatoms. The van der Waals surface area contributed by atoms with Crippen LogP contribution in [0.4, 0.5) is 0 Å². The monoisotopic (exact) mass is 212 g/mol. The molecule has 0 aliphatic heterocycles. The van der Waals surface area contributed by atoms with Crippen LogP contribution in [-0.2, 0) is 10.7 Å². The highest BCUT2D eigenvalue weighted by molar-refractivity contribution is 7.50. The molecular weight excluding hydrogens is 203 g/mol. The molecule has 2 N–H and O–H groups in total. The van der Waals surface area contributed by atoms with Crippen LogP contribution in [0.25, 0.3) is 11.0 Å². The van der Waals surface area contributed by atoms with Crippen LogP contribution in [0.1, 0.15) is 5.56 Å². The summed E-state index contributed by atoms with van der Waals surface area (Å²) in [6.07, 6.45) is 1.12. The lowest BCUT2D eigenvalue weighted by Crippen LogP contribution is -1.84. The van der Waals surface area contributed by atoms with E-state index in [0.717, 1.165) is 5.39 Å². The molecule has 0 aliphatic carbocycles. The van der Waals surface area contributed by atoms with Gasteiger partial charge < -0.3 is 14.2 Å². The van der Waals surface area contributed by atoms with Crippen molar-refractivity contribution >= 4 is 18.6 Å². The van der Waals surface area contributed by atoms with Gasteiger partial charge in [0.1, 0.15) is 5.58 Å². The van der Waals surface area contributed by atoms with Crippen molar-refractivity contribution in [2.24, 2.45) is 0 Å². The Labute approximate surface area is 80.3 Å². The van der Waals surface area contributed by atoms with Gasteiger partial charge in [0.05, 0.1) is 12.4 Å². The molecule has 0 fully saturated rings. The number of para-hydroxylation sites is 1. The van der Waals surface area contributed by atoms with Crippen molar-refractivity contribution in [2.75, 3.05) is 0 Å². The molecule has 1 aromatic heterocycles. The van der Waals surface area contributed by atoms with Gasteiger partial charge in [-0.1, -0.05) is 18.2 Å². The number of benzene rings is 1. The molecule has 14 heavy (non-hydrogen) atoms. The van der Waals surface area contributed by atoms with E-state index in [9.17, 15) is 4.57 Å². The number of fused-ring (bicyclic) bond motifs is 1. The minimum Gasteiger partial charge on any atom is -0.464 e. The number of rotatable bonds is 2. The van der Waals surface area contributed by atoms with Crippen LogP contribution in [-0.4, -0.2) is 9.79 Å². The fourth-order valence-corrected chi connectivity index (χ4v) is 2.07. The van der Waals surface area contributed by atoms with Gasteiger partial charge >= 0.3 is 7.60 Å². The molecule has 0 amide bonds. The molecule has 0 aliphatic rings. The number of hydrogen-bond donors (Lipinski definition) is 2. The highest BCUT2D eigenvalue weighted by atomic mass is 31.2. The maximum Gasteiger partial charge on any atom is 0.330 e. The molecule has 0 saturated carbocycles. The summed E-state index contributed by atoms with van der Waals surface area (Å²) in [6.45, 7) is 0. The van der Waals surface area contributed by atoms with E-state index in [2.05, 4.69) is 0 Å². The Hall–Kier alpha value is -1.09. The summed E-state index contributed by atoms with van der Waals surface area (Å²) in [7, 11) is -4.02. The Kier molecular flexibility index (Phi) is 2.19. The maximum absolute atomic E-state index is 10.8. The first-order chi connectivity index (χ1) is 6.56. The third-order valence-electron chi connectivity index (χ3n) is 1.94. The summed E-state index contributed by atoms with van der Waals surface area (Å²) < 4.78 is 15.9. The Morgan fingerprint density at radius 1 is 1.29 bits per heavy atom. The molecule has 2 rings (SSSR count).